The number of rotatable bonds is 5. The lowest BCUT2D eigenvalue weighted by atomic mass is 10.1. The van der Waals surface area contributed by atoms with E-state index in [1.54, 1.807) is 0 Å². The molecule has 1 saturated carbocycles. The number of carbonyl (C=O) groups excluding carboxylic acids is 1. The fraction of sp³-hybridized carbons (Fsp3) is 0.938. The average Bonchev–Trinajstić information content (AvgIpc) is 2.71. The molecule has 0 aromatic heterocycles. The first-order valence-electron chi connectivity index (χ1n) is 8.54. The SMILES string of the molecule is CN1CCN(C)C(CNCC(=O)NC2CCCCCC2)C1. The molecule has 0 aromatic carbocycles. The third kappa shape index (κ3) is 5.93. The van der Waals surface area contributed by atoms with Gasteiger partial charge < -0.3 is 15.5 Å². The number of likely N-dealkylation sites (N-methyl/N-ethyl adjacent to an activating group) is 2. The minimum Gasteiger partial charge on any atom is -0.352 e. The van der Waals surface area contributed by atoms with E-state index in [1.807, 2.05) is 0 Å². The van der Waals surface area contributed by atoms with Gasteiger partial charge in [0, 0.05) is 38.3 Å². The van der Waals surface area contributed by atoms with Crippen LogP contribution in [0.2, 0.25) is 0 Å². The highest BCUT2D eigenvalue weighted by atomic mass is 16.1. The zero-order valence-corrected chi connectivity index (χ0v) is 13.7. The summed E-state index contributed by atoms with van der Waals surface area (Å²) in [6.07, 6.45) is 7.48. The van der Waals surface area contributed by atoms with Crippen LogP contribution < -0.4 is 10.6 Å². The molecule has 1 amide bonds. The van der Waals surface area contributed by atoms with Crippen LogP contribution in [0.3, 0.4) is 0 Å². The smallest absolute Gasteiger partial charge is 0.234 e. The van der Waals surface area contributed by atoms with E-state index in [0.717, 1.165) is 39.0 Å². The van der Waals surface area contributed by atoms with Crippen LogP contribution in [0.1, 0.15) is 38.5 Å². The van der Waals surface area contributed by atoms with Crippen molar-refractivity contribution in [3.05, 3.63) is 0 Å². The van der Waals surface area contributed by atoms with Gasteiger partial charge in [-0.25, -0.2) is 0 Å². The van der Waals surface area contributed by atoms with Crippen LogP contribution in [-0.2, 0) is 4.79 Å². The van der Waals surface area contributed by atoms with Gasteiger partial charge in [-0.2, -0.15) is 0 Å². The Kier molecular flexibility index (Phi) is 6.93. The van der Waals surface area contributed by atoms with Crippen molar-refractivity contribution in [2.75, 3.05) is 46.8 Å². The van der Waals surface area contributed by atoms with Gasteiger partial charge in [0.25, 0.3) is 0 Å². The topological polar surface area (TPSA) is 47.6 Å². The van der Waals surface area contributed by atoms with Crippen LogP contribution in [0.5, 0.6) is 0 Å². The second kappa shape index (κ2) is 8.71. The third-order valence-corrected chi connectivity index (χ3v) is 4.87. The Morgan fingerprint density at radius 3 is 2.52 bits per heavy atom. The standard InChI is InChI=1S/C16H32N4O/c1-19-9-10-20(2)15(13-19)11-17-12-16(21)18-14-7-5-3-4-6-8-14/h14-15,17H,3-13H2,1-2H3,(H,18,21). The van der Waals surface area contributed by atoms with Crippen molar-refractivity contribution in [1.29, 1.82) is 0 Å². The third-order valence-electron chi connectivity index (χ3n) is 4.87. The largest absolute Gasteiger partial charge is 0.352 e. The molecule has 2 fully saturated rings. The van der Waals surface area contributed by atoms with Gasteiger partial charge in [-0.3, -0.25) is 9.69 Å². The van der Waals surface area contributed by atoms with Crippen LogP contribution in [0.4, 0.5) is 0 Å². The van der Waals surface area contributed by atoms with Gasteiger partial charge in [-0.1, -0.05) is 25.7 Å². The lowest BCUT2D eigenvalue weighted by Crippen LogP contribution is -2.54. The fourth-order valence-corrected chi connectivity index (χ4v) is 3.38. The number of amides is 1. The Hall–Kier alpha value is -0.650. The van der Waals surface area contributed by atoms with Gasteiger partial charge in [-0.15, -0.1) is 0 Å². The Bertz CT molecular complexity index is 315. The number of hydrogen-bond donors (Lipinski definition) is 2. The molecule has 0 bridgehead atoms. The highest BCUT2D eigenvalue weighted by molar-refractivity contribution is 5.78. The van der Waals surface area contributed by atoms with E-state index < -0.39 is 0 Å². The molecule has 2 aliphatic rings. The van der Waals surface area contributed by atoms with Crippen LogP contribution in [0.15, 0.2) is 0 Å². The van der Waals surface area contributed by atoms with E-state index in [2.05, 4.69) is 34.5 Å². The molecule has 0 radical (unpaired) electrons. The Labute approximate surface area is 129 Å². The number of nitrogens with zero attached hydrogens (tertiary/aromatic N) is 2. The Morgan fingerprint density at radius 2 is 1.81 bits per heavy atom. The average molecular weight is 296 g/mol. The lowest BCUT2D eigenvalue weighted by molar-refractivity contribution is -0.121. The minimum atomic E-state index is 0.161. The van der Waals surface area contributed by atoms with E-state index in [9.17, 15) is 4.79 Å². The molecular weight excluding hydrogens is 264 g/mol. The molecule has 2 rings (SSSR count). The first-order valence-corrected chi connectivity index (χ1v) is 8.54. The first kappa shape index (κ1) is 16.7. The summed E-state index contributed by atoms with van der Waals surface area (Å²) in [6, 6.07) is 0.916. The lowest BCUT2D eigenvalue weighted by Gasteiger charge is -2.37. The Balaban J connectivity index is 1.62. The van der Waals surface area contributed by atoms with Crippen molar-refractivity contribution in [2.24, 2.45) is 0 Å². The molecule has 21 heavy (non-hydrogen) atoms. The minimum absolute atomic E-state index is 0.161. The molecule has 1 unspecified atom stereocenters. The van der Waals surface area contributed by atoms with Crippen molar-refractivity contribution in [2.45, 2.75) is 50.6 Å². The van der Waals surface area contributed by atoms with Crippen LogP contribution in [-0.4, -0.2) is 74.6 Å². The summed E-state index contributed by atoms with van der Waals surface area (Å²) in [5.41, 5.74) is 0. The van der Waals surface area contributed by atoms with Crippen molar-refractivity contribution in [1.82, 2.24) is 20.4 Å². The summed E-state index contributed by atoms with van der Waals surface area (Å²) >= 11 is 0. The number of piperazine rings is 1. The molecular formula is C16H32N4O. The summed E-state index contributed by atoms with van der Waals surface area (Å²) in [7, 11) is 4.34. The molecule has 1 atom stereocenters. The van der Waals surface area contributed by atoms with E-state index in [0.29, 0.717) is 18.6 Å². The summed E-state index contributed by atoms with van der Waals surface area (Å²) in [5.74, 6) is 0.161. The predicted octanol–water partition coefficient (Wildman–Crippen LogP) is 0.661. The van der Waals surface area contributed by atoms with Crippen molar-refractivity contribution in [3.63, 3.8) is 0 Å². The van der Waals surface area contributed by atoms with E-state index in [4.69, 9.17) is 0 Å². The summed E-state index contributed by atoms with van der Waals surface area (Å²) in [5, 5.41) is 6.52. The number of nitrogens with one attached hydrogen (secondary N) is 2. The maximum Gasteiger partial charge on any atom is 0.234 e. The predicted molar refractivity (Wildman–Crippen MR) is 86.4 cm³/mol. The van der Waals surface area contributed by atoms with E-state index in [1.165, 1.54) is 25.7 Å². The van der Waals surface area contributed by atoms with Gasteiger partial charge in [-0.05, 0) is 26.9 Å². The second-order valence-electron chi connectivity index (χ2n) is 6.78. The van der Waals surface area contributed by atoms with E-state index in [-0.39, 0.29) is 5.91 Å². The van der Waals surface area contributed by atoms with Gasteiger partial charge >= 0.3 is 0 Å². The molecule has 1 aliphatic carbocycles. The van der Waals surface area contributed by atoms with Crippen LogP contribution in [0.25, 0.3) is 0 Å². The number of carbonyl (C=O) groups is 1. The normalized spacial score (nSPS) is 26.5. The molecule has 122 valence electrons. The number of hydrogen-bond acceptors (Lipinski definition) is 4. The Morgan fingerprint density at radius 1 is 1.10 bits per heavy atom. The maximum absolute atomic E-state index is 12.0. The fourth-order valence-electron chi connectivity index (χ4n) is 3.38. The highest BCUT2D eigenvalue weighted by Crippen LogP contribution is 2.16. The molecule has 0 aromatic rings. The van der Waals surface area contributed by atoms with Crippen molar-refractivity contribution < 1.29 is 4.79 Å². The summed E-state index contributed by atoms with van der Waals surface area (Å²) in [6.45, 7) is 4.66. The summed E-state index contributed by atoms with van der Waals surface area (Å²) < 4.78 is 0. The van der Waals surface area contributed by atoms with Gasteiger partial charge in [0.1, 0.15) is 0 Å². The van der Waals surface area contributed by atoms with Gasteiger partial charge in [0.05, 0.1) is 6.54 Å². The van der Waals surface area contributed by atoms with Crippen LogP contribution in [0, 0.1) is 0 Å². The molecule has 1 aliphatic heterocycles. The zero-order chi connectivity index (χ0) is 15.1. The zero-order valence-electron chi connectivity index (χ0n) is 13.7. The first-order chi connectivity index (χ1) is 10.1. The van der Waals surface area contributed by atoms with Gasteiger partial charge in [0.15, 0.2) is 0 Å². The second-order valence-corrected chi connectivity index (χ2v) is 6.78. The molecule has 2 N–H and O–H groups in total. The monoisotopic (exact) mass is 296 g/mol. The maximum atomic E-state index is 12.0. The summed E-state index contributed by atoms with van der Waals surface area (Å²) in [4.78, 5) is 16.8. The van der Waals surface area contributed by atoms with Gasteiger partial charge in [0.2, 0.25) is 5.91 Å². The molecule has 1 saturated heterocycles. The van der Waals surface area contributed by atoms with Crippen LogP contribution >= 0.6 is 0 Å². The quantitative estimate of drug-likeness (QED) is 0.732. The van der Waals surface area contributed by atoms with Crippen molar-refractivity contribution in [3.8, 4) is 0 Å². The van der Waals surface area contributed by atoms with E-state index >= 15 is 0 Å². The highest BCUT2D eigenvalue weighted by Gasteiger charge is 2.22. The molecule has 5 heteroatoms. The molecule has 5 nitrogen and oxygen atoms in total. The molecule has 1 heterocycles. The molecule has 0 spiro atoms. The van der Waals surface area contributed by atoms with Crippen molar-refractivity contribution >= 4 is 5.91 Å².